The van der Waals surface area contributed by atoms with E-state index in [1.807, 2.05) is 6.07 Å². The van der Waals surface area contributed by atoms with Crippen molar-refractivity contribution in [2.45, 2.75) is 0 Å². The molecule has 1 aromatic carbocycles. The lowest BCUT2D eigenvalue weighted by atomic mass is 10.2. The molecule has 0 aliphatic rings. The first-order valence-electron chi connectivity index (χ1n) is 5.08. The minimum Gasteiger partial charge on any atom is -0.493 e. The van der Waals surface area contributed by atoms with Gasteiger partial charge in [0.05, 0.1) is 14.2 Å². The van der Waals surface area contributed by atoms with Gasteiger partial charge in [-0.3, -0.25) is 0 Å². The molecule has 0 saturated carbocycles. The zero-order chi connectivity index (χ0) is 13.1. The number of nitrogens with two attached hydrogens (primary N) is 1. The molecule has 1 aromatic heterocycles. The van der Waals surface area contributed by atoms with E-state index in [1.165, 1.54) is 7.11 Å². The average Bonchev–Trinajstić information content (AvgIpc) is 2.79. The number of hydrogen-bond donors (Lipinski definition) is 1. The smallest absolute Gasteiger partial charge is 0.230 e. The van der Waals surface area contributed by atoms with E-state index in [2.05, 4.69) is 4.98 Å². The van der Waals surface area contributed by atoms with Gasteiger partial charge in [0.25, 0.3) is 0 Å². The van der Waals surface area contributed by atoms with Crippen LogP contribution in [0.1, 0.15) is 5.69 Å². The summed E-state index contributed by atoms with van der Waals surface area (Å²) in [6.45, 7) is 0. The molecular formula is C12H11N3O3. The van der Waals surface area contributed by atoms with E-state index in [0.717, 1.165) is 0 Å². The second kappa shape index (κ2) is 4.67. The number of hydrogen-bond acceptors (Lipinski definition) is 6. The fourth-order valence-electron chi connectivity index (χ4n) is 1.50. The molecule has 0 atom stereocenters. The summed E-state index contributed by atoms with van der Waals surface area (Å²) in [5.41, 5.74) is 6.23. The van der Waals surface area contributed by atoms with Crippen LogP contribution in [0.4, 0.5) is 5.88 Å². The third-order valence-electron chi connectivity index (χ3n) is 2.39. The zero-order valence-electron chi connectivity index (χ0n) is 9.93. The van der Waals surface area contributed by atoms with Gasteiger partial charge in [0.1, 0.15) is 6.07 Å². The molecule has 0 fully saturated rings. The van der Waals surface area contributed by atoms with Crippen molar-refractivity contribution < 1.29 is 13.9 Å². The molecule has 18 heavy (non-hydrogen) atoms. The van der Waals surface area contributed by atoms with E-state index < -0.39 is 0 Å². The van der Waals surface area contributed by atoms with Gasteiger partial charge in [0.2, 0.25) is 17.5 Å². The molecule has 0 saturated heterocycles. The van der Waals surface area contributed by atoms with Crippen molar-refractivity contribution in [3.63, 3.8) is 0 Å². The average molecular weight is 245 g/mol. The van der Waals surface area contributed by atoms with Gasteiger partial charge in [-0.15, -0.1) is 0 Å². The van der Waals surface area contributed by atoms with Gasteiger partial charge in [-0.25, -0.2) is 0 Å². The Kier molecular flexibility index (Phi) is 3.06. The van der Waals surface area contributed by atoms with E-state index in [0.29, 0.717) is 17.1 Å². The summed E-state index contributed by atoms with van der Waals surface area (Å²) in [6.07, 6.45) is 0. The molecule has 6 heteroatoms. The Morgan fingerprint density at radius 3 is 2.56 bits per heavy atom. The fraction of sp³-hybridized carbons (Fsp3) is 0.167. The van der Waals surface area contributed by atoms with E-state index >= 15 is 0 Å². The summed E-state index contributed by atoms with van der Waals surface area (Å²) in [5.74, 6) is 1.42. The van der Waals surface area contributed by atoms with Crippen molar-refractivity contribution in [1.82, 2.24) is 4.98 Å². The molecular weight excluding hydrogens is 234 g/mol. The summed E-state index contributed by atoms with van der Waals surface area (Å²) >= 11 is 0. The number of benzene rings is 1. The van der Waals surface area contributed by atoms with Crippen LogP contribution >= 0.6 is 0 Å². The van der Waals surface area contributed by atoms with Crippen molar-refractivity contribution in [1.29, 1.82) is 5.26 Å². The molecule has 92 valence electrons. The lowest BCUT2D eigenvalue weighted by molar-refractivity contribution is 0.355. The maximum absolute atomic E-state index is 8.76. The number of anilines is 1. The van der Waals surface area contributed by atoms with E-state index in [-0.39, 0.29) is 17.5 Å². The highest BCUT2D eigenvalue weighted by atomic mass is 16.5. The summed E-state index contributed by atoms with van der Waals surface area (Å²) < 4.78 is 15.5. The van der Waals surface area contributed by atoms with Crippen molar-refractivity contribution >= 4 is 5.88 Å². The van der Waals surface area contributed by atoms with Crippen LogP contribution in [0.2, 0.25) is 0 Å². The molecule has 2 aromatic rings. The highest BCUT2D eigenvalue weighted by molar-refractivity contribution is 5.62. The molecule has 0 radical (unpaired) electrons. The third-order valence-corrected chi connectivity index (χ3v) is 2.39. The summed E-state index contributed by atoms with van der Waals surface area (Å²) in [4.78, 5) is 3.98. The number of nitrogen functional groups attached to an aromatic ring is 1. The standard InChI is InChI=1S/C12H11N3O3/c1-16-9-4-3-7(5-10(9)17-2)12-15-8(6-13)11(14)18-12/h3-5H,14H2,1-2H3. The highest BCUT2D eigenvalue weighted by Crippen LogP contribution is 2.32. The van der Waals surface area contributed by atoms with Crippen LogP contribution in [0.25, 0.3) is 11.5 Å². The monoisotopic (exact) mass is 245 g/mol. The Hall–Kier alpha value is -2.68. The van der Waals surface area contributed by atoms with Crippen LogP contribution in [0.5, 0.6) is 11.5 Å². The topological polar surface area (TPSA) is 94.3 Å². The number of rotatable bonds is 3. The highest BCUT2D eigenvalue weighted by Gasteiger charge is 2.14. The SMILES string of the molecule is COc1ccc(-c2nc(C#N)c(N)o2)cc1OC. The molecule has 2 N–H and O–H groups in total. The predicted octanol–water partition coefficient (Wildman–Crippen LogP) is 1.81. The molecule has 0 unspecified atom stereocenters. The van der Waals surface area contributed by atoms with Crippen LogP contribution in [0.15, 0.2) is 22.6 Å². The summed E-state index contributed by atoms with van der Waals surface area (Å²) in [5, 5.41) is 8.76. The number of nitriles is 1. The van der Waals surface area contributed by atoms with Crippen LogP contribution in [-0.4, -0.2) is 19.2 Å². The van der Waals surface area contributed by atoms with Gasteiger partial charge >= 0.3 is 0 Å². The first-order valence-corrected chi connectivity index (χ1v) is 5.08. The Balaban J connectivity index is 2.48. The molecule has 0 bridgehead atoms. The molecule has 6 nitrogen and oxygen atoms in total. The second-order valence-electron chi connectivity index (χ2n) is 3.41. The van der Waals surface area contributed by atoms with Crippen molar-refractivity contribution in [3.8, 4) is 29.0 Å². The first kappa shape index (κ1) is 11.8. The quantitative estimate of drug-likeness (QED) is 0.886. The lowest BCUT2D eigenvalue weighted by Gasteiger charge is -2.07. The number of oxazole rings is 1. The Morgan fingerprint density at radius 1 is 1.28 bits per heavy atom. The van der Waals surface area contributed by atoms with Gasteiger partial charge in [-0.05, 0) is 18.2 Å². The van der Waals surface area contributed by atoms with E-state index in [4.69, 9.17) is 24.9 Å². The van der Waals surface area contributed by atoms with Crippen molar-refractivity contribution in [2.24, 2.45) is 0 Å². The van der Waals surface area contributed by atoms with Gasteiger partial charge in [0.15, 0.2) is 11.5 Å². The lowest BCUT2D eigenvalue weighted by Crippen LogP contribution is -1.90. The molecule has 2 rings (SSSR count). The van der Waals surface area contributed by atoms with E-state index in [9.17, 15) is 0 Å². The number of methoxy groups -OCH3 is 2. The molecule has 0 amide bonds. The van der Waals surface area contributed by atoms with Crippen LogP contribution < -0.4 is 15.2 Å². The predicted molar refractivity (Wildman–Crippen MR) is 64.2 cm³/mol. The van der Waals surface area contributed by atoms with Crippen LogP contribution in [0.3, 0.4) is 0 Å². The maximum atomic E-state index is 8.76. The van der Waals surface area contributed by atoms with Crippen LogP contribution in [-0.2, 0) is 0 Å². The number of aromatic nitrogens is 1. The van der Waals surface area contributed by atoms with Gasteiger partial charge in [0, 0.05) is 5.56 Å². The second-order valence-corrected chi connectivity index (χ2v) is 3.41. The minimum atomic E-state index is 0.00212. The minimum absolute atomic E-state index is 0.00212. The number of nitrogens with zero attached hydrogens (tertiary/aromatic N) is 2. The van der Waals surface area contributed by atoms with Gasteiger partial charge in [-0.1, -0.05) is 0 Å². The molecule has 1 heterocycles. The Bertz CT molecular complexity index is 614. The number of ether oxygens (including phenoxy) is 2. The maximum Gasteiger partial charge on any atom is 0.230 e. The molecule has 0 aliphatic heterocycles. The van der Waals surface area contributed by atoms with E-state index in [1.54, 1.807) is 25.3 Å². The molecule has 0 spiro atoms. The molecule has 0 aliphatic carbocycles. The normalized spacial score (nSPS) is 9.83. The van der Waals surface area contributed by atoms with Crippen molar-refractivity contribution in [3.05, 3.63) is 23.9 Å². The van der Waals surface area contributed by atoms with Gasteiger partial charge < -0.3 is 19.6 Å². The Labute approximate surface area is 104 Å². The Morgan fingerprint density at radius 2 is 2.00 bits per heavy atom. The largest absolute Gasteiger partial charge is 0.493 e. The van der Waals surface area contributed by atoms with Crippen LogP contribution in [0, 0.1) is 11.3 Å². The first-order chi connectivity index (χ1) is 8.69. The summed E-state index contributed by atoms with van der Waals surface area (Å²) in [7, 11) is 3.08. The summed E-state index contributed by atoms with van der Waals surface area (Å²) in [6, 6.07) is 7.02. The van der Waals surface area contributed by atoms with Gasteiger partial charge in [-0.2, -0.15) is 10.2 Å². The fourth-order valence-corrected chi connectivity index (χ4v) is 1.50. The van der Waals surface area contributed by atoms with Crippen molar-refractivity contribution in [2.75, 3.05) is 20.0 Å². The third kappa shape index (κ3) is 1.94. The zero-order valence-corrected chi connectivity index (χ0v) is 9.93.